The number of rotatable bonds is 7. The molecule has 0 aliphatic heterocycles. The molecule has 0 amide bonds. The van der Waals surface area contributed by atoms with Gasteiger partial charge >= 0.3 is 0 Å². The second-order valence-corrected chi connectivity index (χ2v) is 6.75. The molecule has 2 aromatic rings. The van der Waals surface area contributed by atoms with Crippen LogP contribution >= 0.6 is 0 Å². The lowest BCUT2D eigenvalue weighted by molar-refractivity contribution is 0.340. The first-order chi connectivity index (χ1) is 10.9. The standard InChI is InChI=1S/C16H18FNO4S/c1-12-3-4-13(17)11-16(12)18-23(19,20)10-9-22-15-7-5-14(21-2)6-8-15/h3-8,11,18H,9-10H2,1-2H3. The van der Waals surface area contributed by atoms with Crippen molar-refractivity contribution in [2.45, 2.75) is 6.92 Å². The van der Waals surface area contributed by atoms with Gasteiger partial charge in [0.2, 0.25) is 10.0 Å². The minimum atomic E-state index is -3.62. The molecular formula is C16H18FNO4S. The highest BCUT2D eigenvalue weighted by Crippen LogP contribution is 2.19. The number of hydrogen-bond acceptors (Lipinski definition) is 4. The van der Waals surface area contributed by atoms with Crippen LogP contribution in [0.1, 0.15) is 5.56 Å². The van der Waals surface area contributed by atoms with Crippen LogP contribution < -0.4 is 14.2 Å². The molecule has 0 aliphatic carbocycles. The summed E-state index contributed by atoms with van der Waals surface area (Å²) in [6, 6.07) is 10.8. The van der Waals surface area contributed by atoms with E-state index in [1.807, 2.05) is 0 Å². The van der Waals surface area contributed by atoms with Crippen molar-refractivity contribution < 1.29 is 22.3 Å². The number of sulfonamides is 1. The number of benzene rings is 2. The molecule has 0 aliphatic rings. The fraction of sp³-hybridized carbons (Fsp3) is 0.250. The van der Waals surface area contributed by atoms with Crippen LogP contribution in [-0.2, 0) is 10.0 Å². The van der Waals surface area contributed by atoms with E-state index in [9.17, 15) is 12.8 Å². The average Bonchev–Trinajstić information content (AvgIpc) is 2.51. The summed E-state index contributed by atoms with van der Waals surface area (Å²) in [5, 5.41) is 0. The summed E-state index contributed by atoms with van der Waals surface area (Å²) in [5.74, 6) is 0.494. The summed E-state index contributed by atoms with van der Waals surface area (Å²) < 4.78 is 50.0. The molecule has 0 unspecified atom stereocenters. The Balaban J connectivity index is 1.92. The molecule has 5 nitrogen and oxygen atoms in total. The first-order valence-corrected chi connectivity index (χ1v) is 8.58. The molecule has 2 aromatic carbocycles. The molecule has 7 heteroatoms. The van der Waals surface area contributed by atoms with Gasteiger partial charge in [-0.2, -0.15) is 0 Å². The van der Waals surface area contributed by atoms with Gasteiger partial charge in [-0.3, -0.25) is 4.72 Å². The van der Waals surface area contributed by atoms with Crippen molar-refractivity contribution in [3.63, 3.8) is 0 Å². The molecule has 0 spiro atoms. The van der Waals surface area contributed by atoms with E-state index in [-0.39, 0.29) is 18.0 Å². The second-order valence-electron chi connectivity index (χ2n) is 4.90. The van der Waals surface area contributed by atoms with Gasteiger partial charge in [-0.15, -0.1) is 0 Å². The van der Waals surface area contributed by atoms with E-state index in [0.717, 1.165) is 6.07 Å². The van der Waals surface area contributed by atoms with Gasteiger partial charge in [-0.1, -0.05) is 6.07 Å². The molecule has 0 radical (unpaired) electrons. The van der Waals surface area contributed by atoms with Crippen molar-refractivity contribution in [2.75, 3.05) is 24.2 Å². The number of methoxy groups -OCH3 is 1. The van der Waals surface area contributed by atoms with Crippen molar-refractivity contribution in [1.29, 1.82) is 0 Å². The quantitative estimate of drug-likeness (QED) is 0.842. The van der Waals surface area contributed by atoms with Crippen LogP contribution in [0.4, 0.5) is 10.1 Å². The lowest BCUT2D eigenvalue weighted by Gasteiger charge is -2.11. The summed E-state index contributed by atoms with van der Waals surface area (Å²) in [6.45, 7) is 1.68. The van der Waals surface area contributed by atoms with Gasteiger partial charge in [0.25, 0.3) is 0 Å². The zero-order chi connectivity index (χ0) is 16.9. The van der Waals surface area contributed by atoms with Gasteiger partial charge in [-0.25, -0.2) is 12.8 Å². The Morgan fingerprint density at radius 1 is 1.09 bits per heavy atom. The monoisotopic (exact) mass is 339 g/mol. The van der Waals surface area contributed by atoms with E-state index >= 15 is 0 Å². The molecule has 0 atom stereocenters. The highest BCUT2D eigenvalue weighted by atomic mass is 32.2. The Morgan fingerprint density at radius 3 is 2.39 bits per heavy atom. The fourth-order valence-electron chi connectivity index (χ4n) is 1.86. The third kappa shape index (κ3) is 5.14. The Labute approximate surface area is 135 Å². The van der Waals surface area contributed by atoms with E-state index in [0.29, 0.717) is 17.1 Å². The molecule has 0 bridgehead atoms. The van der Waals surface area contributed by atoms with Crippen LogP contribution in [0.15, 0.2) is 42.5 Å². The summed E-state index contributed by atoms with van der Waals surface area (Å²) >= 11 is 0. The Kier molecular flexibility index (Phi) is 5.44. The highest BCUT2D eigenvalue weighted by molar-refractivity contribution is 7.92. The van der Waals surface area contributed by atoms with E-state index in [1.165, 1.54) is 12.1 Å². The molecule has 0 fully saturated rings. The van der Waals surface area contributed by atoms with E-state index < -0.39 is 15.8 Å². The second kappa shape index (κ2) is 7.32. The summed E-state index contributed by atoms with van der Waals surface area (Å²) in [4.78, 5) is 0. The SMILES string of the molecule is COc1ccc(OCCS(=O)(=O)Nc2cc(F)ccc2C)cc1. The Morgan fingerprint density at radius 2 is 1.74 bits per heavy atom. The van der Waals surface area contributed by atoms with Gasteiger partial charge in [0, 0.05) is 0 Å². The average molecular weight is 339 g/mol. The van der Waals surface area contributed by atoms with Crippen LogP contribution in [0.25, 0.3) is 0 Å². The zero-order valence-corrected chi connectivity index (χ0v) is 13.7. The van der Waals surface area contributed by atoms with E-state index in [2.05, 4.69) is 4.72 Å². The van der Waals surface area contributed by atoms with E-state index in [1.54, 1.807) is 38.3 Å². The minimum Gasteiger partial charge on any atom is -0.497 e. The van der Waals surface area contributed by atoms with Crippen LogP contribution in [0, 0.1) is 12.7 Å². The number of aryl methyl sites for hydroxylation is 1. The van der Waals surface area contributed by atoms with E-state index in [4.69, 9.17) is 9.47 Å². The third-order valence-corrected chi connectivity index (χ3v) is 4.38. The Hall–Kier alpha value is -2.28. The molecule has 124 valence electrons. The summed E-state index contributed by atoms with van der Waals surface area (Å²) in [7, 11) is -2.07. The molecule has 2 rings (SSSR count). The Bertz CT molecular complexity index is 760. The molecule has 1 N–H and O–H groups in total. The topological polar surface area (TPSA) is 64.6 Å². The van der Waals surface area contributed by atoms with Gasteiger partial charge in [-0.05, 0) is 48.9 Å². The number of ether oxygens (including phenoxy) is 2. The van der Waals surface area contributed by atoms with Crippen LogP contribution in [0.5, 0.6) is 11.5 Å². The van der Waals surface area contributed by atoms with Crippen molar-refractivity contribution in [3.05, 3.63) is 53.8 Å². The van der Waals surface area contributed by atoms with Crippen molar-refractivity contribution >= 4 is 15.7 Å². The fourth-order valence-corrected chi connectivity index (χ4v) is 2.82. The maximum Gasteiger partial charge on any atom is 0.236 e. The van der Waals surface area contributed by atoms with Gasteiger partial charge in [0.15, 0.2) is 0 Å². The predicted octanol–water partition coefficient (Wildman–Crippen LogP) is 2.96. The number of nitrogens with one attached hydrogen (secondary N) is 1. The molecule has 0 saturated heterocycles. The molecule has 0 aromatic heterocycles. The van der Waals surface area contributed by atoms with Crippen LogP contribution in [0.3, 0.4) is 0 Å². The maximum absolute atomic E-state index is 13.2. The smallest absolute Gasteiger partial charge is 0.236 e. The van der Waals surface area contributed by atoms with Gasteiger partial charge < -0.3 is 9.47 Å². The zero-order valence-electron chi connectivity index (χ0n) is 12.9. The molecule has 0 heterocycles. The highest BCUT2D eigenvalue weighted by Gasteiger charge is 2.13. The minimum absolute atomic E-state index is 0.0178. The molecule has 0 saturated carbocycles. The largest absolute Gasteiger partial charge is 0.497 e. The van der Waals surface area contributed by atoms with Crippen LogP contribution in [0.2, 0.25) is 0 Å². The predicted molar refractivity (Wildman–Crippen MR) is 87.0 cm³/mol. The van der Waals surface area contributed by atoms with Crippen LogP contribution in [-0.4, -0.2) is 27.9 Å². The van der Waals surface area contributed by atoms with Gasteiger partial charge in [0.05, 0.1) is 12.8 Å². The lowest BCUT2D eigenvalue weighted by Crippen LogP contribution is -2.21. The summed E-state index contributed by atoms with van der Waals surface area (Å²) in [5.41, 5.74) is 0.875. The normalized spacial score (nSPS) is 11.1. The molecule has 23 heavy (non-hydrogen) atoms. The number of anilines is 1. The first-order valence-electron chi connectivity index (χ1n) is 6.93. The van der Waals surface area contributed by atoms with Crippen molar-refractivity contribution in [3.8, 4) is 11.5 Å². The lowest BCUT2D eigenvalue weighted by atomic mass is 10.2. The van der Waals surface area contributed by atoms with Crippen molar-refractivity contribution in [1.82, 2.24) is 0 Å². The van der Waals surface area contributed by atoms with Crippen molar-refractivity contribution in [2.24, 2.45) is 0 Å². The summed E-state index contributed by atoms with van der Waals surface area (Å²) in [6.07, 6.45) is 0. The third-order valence-electron chi connectivity index (χ3n) is 3.15. The maximum atomic E-state index is 13.2. The van der Waals surface area contributed by atoms with Gasteiger partial charge in [0.1, 0.15) is 29.7 Å². The first kappa shape index (κ1) is 17.1. The number of halogens is 1. The number of hydrogen-bond donors (Lipinski definition) is 1. The molecular weight excluding hydrogens is 321 g/mol.